The molecule has 1 amide bonds. The summed E-state index contributed by atoms with van der Waals surface area (Å²) in [4.78, 5) is 15.6. The van der Waals surface area contributed by atoms with Crippen molar-refractivity contribution in [3.63, 3.8) is 0 Å². The van der Waals surface area contributed by atoms with E-state index in [1.807, 2.05) is 6.92 Å². The first kappa shape index (κ1) is 13.3. The highest BCUT2D eigenvalue weighted by atomic mass is 35.5. The number of phenols is 1. The first-order valence-corrected chi connectivity index (χ1v) is 5.52. The van der Waals surface area contributed by atoms with Crippen LogP contribution in [0.3, 0.4) is 0 Å². The molecule has 0 radical (unpaired) electrons. The Kier molecular flexibility index (Phi) is 4.78. The van der Waals surface area contributed by atoms with E-state index in [9.17, 15) is 9.90 Å². The monoisotopic (exact) mass is 255 g/mol. The summed E-state index contributed by atoms with van der Waals surface area (Å²) in [6.45, 7) is 2.48. The van der Waals surface area contributed by atoms with Gasteiger partial charge in [0.1, 0.15) is 5.75 Å². The van der Waals surface area contributed by atoms with Gasteiger partial charge in [0.2, 0.25) is 0 Å². The van der Waals surface area contributed by atoms with Gasteiger partial charge in [0.25, 0.3) is 5.91 Å². The normalized spacial score (nSPS) is 11.3. The lowest BCUT2D eigenvalue weighted by molar-refractivity contribution is 0.0974. The van der Waals surface area contributed by atoms with Gasteiger partial charge in [-0.1, -0.05) is 18.5 Å². The molecule has 0 unspecified atom stereocenters. The summed E-state index contributed by atoms with van der Waals surface area (Å²) in [5.74, 6) is -0.672. The van der Waals surface area contributed by atoms with Gasteiger partial charge in [0.05, 0.1) is 5.56 Å². The standard InChI is InChI=1S/C11H14ClN3O2/c1-2-5-14-11(13)15-10(17)8-6-7(12)3-4-9(8)16/h3-4,6,16H,2,5H2,1H3,(H3,13,14,15,17). The van der Waals surface area contributed by atoms with Gasteiger partial charge in [-0.2, -0.15) is 0 Å². The number of carbonyl (C=O) groups is 1. The van der Waals surface area contributed by atoms with E-state index < -0.39 is 5.91 Å². The molecule has 0 aliphatic heterocycles. The highest BCUT2D eigenvalue weighted by Crippen LogP contribution is 2.21. The molecule has 92 valence electrons. The SMILES string of the molecule is CCCN=C(N)NC(=O)c1cc(Cl)ccc1O. The Morgan fingerprint density at radius 1 is 1.59 bits per heavy atom. The molecule has 6 heteroatoms. The van der Waals surface area contributed by atoms with E-state index >= 15 is 0 Å². The van der Waals surface area contributed by atoms with Crippen LogP contribution in [0.2, 0.25) is 5.02 Å². The van der Waals surface area contributed by atoms with E-state index in [0.29, 0.717) is 11.6 Å². The van der Waals surface area contributed by atoms with Crippen molar-refractivity contribution in [3.8, 4) is 5.75 Å². The number of amides is 1. The number of hydrogen-bond donors (Lipinski definition) is 3. The number of nitrogens with two attached hydrogens (primary N) is 1. The molecule has 0 heterocycles. The number of guanidine groups is 1. The topological polar surface area (TPSA) is 87.7 Å². The molecule has 1 aromatic rings. The average Bonchev–Trinajstić information content (AvgIpc) is 2.29. The zero-order chi connectivity index (χ0) is 12.8. The van der Waals surface area contributed by atoms with Crippen LogP contribution in [0.15, 0.2) is 23.2 Å². The summed E-state index contributed by atoms with van der Waals surface area (Å²) < 4.78 is 0. The first-order valence-electron chi connectivity index (χ1n) is 5.14. The Morgan fingerprint density at radius 3 is 2.94 bits per heavy atom. The average molecular weight is 256 g/mol. The summed E-state index contributed by atoms with van der Waals surface area (Å²) in [6, 6.07) is 4.19. The van der Waals surface area contributed by atoms with Crippen molar-refractivity contribution in [2.24, 2.45) is 10.7 Å². The van der Waals surface area contributed by atoms with Crippen LogP contribution in [0, 0.1) is 0 Å². The number of carbonyl (C=O) groups excluding carboxylic acids is 1. The van der Waals surface area contributed by atoms with Gasteiger partial charge in [0.15, 0.2) is 5.96 Å². The van der Waals surface area contributed by atoms with E-state index in [1.165, 1.54) is 18.2 Å². The van der Waals surface area contributed by atoms with Crippen molar-refractivity contribution in [2.45, 2.75) is 13.3 Å². The summed E-state index contributed by atoms with van der Waals surface area (Å²) in [5.41, 5.74) is 5.55. The highest BCUT2D eigenvalue weighted by Gasteiger charge is 2.12. The zero-order valence-corrected chi connectivity index (χ0v) is 10.2. The number of nitrogens with zero attached hydrogens (tertiary/aromatic N) is 1. The molecule has 0 bridgehead atoms. The molecule has 0 saturated heterocycles. The Labute approximate surface area is 104 Å². The predicted molar refractivity (Wildman–Crippen MR) is 67.4 cm³/mol. The van der Waals surface area contributed by atoms with Gasteiger partial charge in [-0.15, -0.1) is 0 Å². The molecule has 0 fully saturated rings. The number of phenolic OH excluding ortho intramolecular Hbond substituents is 1. The maximum Gasteiger partial charge on any atom is 0.261 e. The van der Waals surface area contributed by atoms with Crippen LogP contribution in [0.5, 0.6) is 5.75 Å². The van der Waals surface area contributed by atoms with Gasteiger partial charge >= 0.3 is 0 Å². The van der Waals surface area contributed by atoms with Gasteiger partial charge in [-0.25, -0.2) is 0 Å². The molecule has 1 rings (SSSR count). The largest absolute Gasteiger partial charge is 0.507 e. The third-order valence-electron chi connectivity index (χ3n) is 1.95. The fourth-order valence-electron chi connectivity index (χ4n) is 1.15. The Balaban J connectivity index is 2.79. The van der Waals surface area contributed by atoms with Crippen molar-refractivity contribution in [3.05, 3.63) is 28.8 Å². The van der Waals surface area contributed by atoms with E-state index in [4.69, 9.17) is 17.3 Å². The molecule has 0 saturated carbocycles. The van der Waals surface area contributed by atoms with Crippen molar-refractivity contribution in [1.82, 2.24) is 5.32 Å². The van der Waals surface area contributed by atoms with Gasteiger partial charge in [0, 0.05) is 11.6 Å². The third-order valence-corrected chi connectivity index (χ3v) is 2.19. The minimum absolute atomic E-state index is 0.0243. The lowest BCUT2D eigenvalue weighted by Gasteiger charge is -2.06. The Hall–Kier alpha value is -1.75. The quantitative estimate of drug-likeness (QED) is 0.565. The summed E-state index contributed by atoms with van der Waals surface area (Å²) in [7, 11) is 0. The second-order valence-corrected chi connectivity index (χ2v) is 3.82. The number of benzene rings is 1. The van der Waals surface area contributed by atoms with Crippen molar-refractivity contribution < 1.29 is 9.90 Å². The van der Waals surface area contributed by atoms with Crippen LogP contribution in [0.25, 0.3) is 0 Å². The number of halogens is 1. The zero-order valence-electron chi connectivity index (χ0n) is 9.40. The van der Waals surface area contributed by atoms with E-state index in [2.05, 4.69) is 10.3 Å². The fraction of sp³-hybridized carbons (Fsp3) is 0.273. The van der Waals surface area contributed by atoms with Gasteiger partial charge in [-0.3, -0.25) is 15.1 Å². The van der Waals surface area contributed by atoms with E-state index in [-0.39, 0.29) is 17.3 Å². The number of nitrogens with one attached hydrogen (secondary N) is 1. The van der Waals surface area contributed by atoms with Crippen LogP contribution in [-0.2, 0) is 0 Å². The lowest BCUT2D eigenvalue weighted by Crippen LogP contribution is -2.37. The molecule has 1 aromatic carbocycles. The summed E-state index contributed by atoms with van der Waals surface area (Å²) in [5, 5.41) is 12.2. The molecule has 17 heavy (non-hydrogen) atoms. The lowest BCUT2D eigenvalue weighted by atomic mass is 10.2. The van der Waals surface area contributed by atoms with Crippen LogP contribution in [-0.4, -0.2) is 23.5 Å². The second-order valence-electron chi connectivity index (χ2n) is 3.38. The van der Waals surface area contributed by atoms with Crippen LogP contribution >= 0.6 is 11.6 Å². The molecular formula is C11H14ClN3O2. The minimum atomic E-state index is -0.539. The second kappa shape index (κ2) is 6.10. The molecule has 0 aliphatic carbocycles. The van der Waals surface area contributed by atoms with Crippen LogP contribution in [0.1, 0.15) is 23.7 Å². The first-order chi connectivity index (χ1) is 8.04. The molecule has 5 nitrogen and oxygen atoms in total. The summed E-state index contributed by atoms with van der Waals surface area (Å²) in [6.07, 6.45) is 0.832. The molecule has 0 spiro atoms. The number of rotatable bonds is 3. The summed E-state index contributed by atoms with van der Waals surface area (Å²) >= 11 is 5.73. The number of aliphatic imine (C=N–C) groups is 1. The van der Waals surface area contributed by atoms with Gasteiger partial charge < -0.3 is 10.8 Å². The molecule has 4 N–H and O–H groups in total. The van der Waals surface area contributed by atoms with Crippen LogP contribution in [0.4, 0.5) is 0 Å². The maximum absolute atomic E-state index is 11.7. The van der Waals surface area contributed by atoms with E-state index in [1.54, 1.807) is 0 Å². The third kappa shape index (κ3) is 3.96. The molecule has 0 aliphatic rings. The highest BCUT2D eigenvalue weighted by molar-refractivity contribution is 6.31. The van der Waals surface area contributed by atoms with Crippen LogP contribution < -0.4 is 11.1 Å². The minimum Gasteiger partial charge on any atom is -0.507 e. The smallest absolute Gasteiger partial charge is 0.261 e. The molecule has 0 aromatic heterocycles. The van der Waals surface area contributed by atoms with Gasteiger partial charge in [-0.05, 0) is 24.6 Å². The molecular weight excluding hydrogens is 242 g/mol. The fourth-order valence-corrected chi connectivity index (χ4v) is 1.32. The number of hydrogen-bond acceptors (Lipinski definition) is 3. The van der Waals surface area contributed by atoms with Crippen molar-refractivity contribution in [2.75, 3.05) is 6.54 Å². The Morgan fingerprint density at radius 2 is 2.29 bits per heavy atom. The maximum atomic E-state index is 11.7. The van der Waals surface area contributed by atoms with E-state index in [0.717, 1.165) is 6.42 Å². The Bertz CT molecular complexity index is 446. The molecule has 0 atom stereocenters. The van der Waals surface area contributed by atoms with Crippen molar-refractivity contribution in [1.29, 1.82) is 0 Å². The van der Waals surface area contributed by atoms with Crippen molar-refractivity contribution >= 4 is 23.5 Å². The predicted octanol–water partition coefficient (Wildman–Crippen LogP) is 1.50. The number of aromatic hydroxyl groups is 1.